The van der Waals surface area contributed by atoms with Crippen LogP contribution in [-0.4, -0.2) is 59.3 Å². The largest absolute Gasteiger partial charge is 0.475 e. The van der Waals surface area contributed by atoms with Crippen molar-refractivity contribution < 1.29 is 23.8 Å². The van der Waals surface area contributed by atoms with Crippen LogP contribution < -0.4 is 15.4 Å². The Bertz CT molecular complexity index is 1050. The van der Waals surface area contributed by atoms with E-state index in [1.54, 1.807) is 12.1 Å². The van der Waals surface area contributed by atoms with E-state index in [0.29, 0.717) is 23.5 Å². The Kier molecular flexibility index (Phi) is 5.35. The molecule has 1 saturated carbocycles. The number of aliphatic hydroxyl groups excluding tert-OH is 1. The maximum atomic E-state index is 13.3. The number of rotatable bonds is 5. The van der Waals surface area contributed by atoms with Gasteiger partial charge >= 0.3 is 0 Å². The molecule has 0 bridgehead atoms. The maximum absolute atomic E-state index is 13.3. The molecule has 0 radical (unpaired) electrons. The highest BCUT2D eigenvalue weighted by atomic mass is 19.1. The molecule has 0 aromatic heterocycles. The topological polar surface area (TPSA) is 90.9 Å². The highest BCUT2D eigenvalue weighted by Gasteiger charge is 2.55. The summed E-state index contributed by atoms with van der Waals surface area (Å²) in [6.45, 7) is 2.26. The van der Waals surface area contributed by atoms with Gasteiger partial charge in [0.25, 0.3) is 11.8 Å². The van der Waals surface area contributed by atoms with Gasteiger partial charge in [-0.1, -0.05) is 24.3 Å². The second-order valence-electron chi connectivity index (χ2n) is 8.88. The van der Waals surface area contributed by atoms with Crippen LogP contribution in [0.5, 0.6) is 5.75 Å². The van der Waals surface area contributed by atoms with Crippen molar-refractivity contribution in [2.24, 2.45) is 0 Å². The Balaban J connectivity index is 1.15. The van der Waals surface area contributed by atoms with Gasteiger partial charge in [0.05, 0.1) is 11.8 Å². The SMILES string of the molecule is O=C(NC[C@H](O)CN1CCc2ccccc2C1)c1ccc2c(c1)NC(=O)C1(CC(F)C1)O2. The van der Waals surface area contributed by atoms with Crippen LogP contribution in [0.2, 0.25) is 0 Å². The molecule has 2 aromatic rings. The number of fused-ring (bicyclic) bond motifs is 2. The van der Waals surface area contributed by atoms with Crippen molar-refractivity contribution in [3.8, 4) is 5.75 Å². The first-order chi connectivity index (χ1) is 15.4. The average molecular weight is 439 g/mol. The van der Waals surface area contributed by atoms with Crippen LogP contribution in [0.1, 0.15) is 34.3 Å². The van der Waals surface area contributed by atoms with Gasteiger partial charge in [-0.3, -0.25) is 14.5 Å². The molecule has 1 atom stereocenters. The molecule has 2 heterocycles. The van der Waals surface area contributed by atoms with Crippen LogP contribution in [0.25, 0.3) is 0 Å². The molecule has 3 aliphatic rings. The first kappa shape index (κ1) is 20.9. The molecule has 168 valence electrons. The van der Waals surface area contributed by atoms with Crippen molar-refractivity contribution >= 4 is 17.5 Å². The summed E-state index contributed by atoms with van der Waals surface area (Å²) in [7, 11) is 0. The molecule has 2 amide bonds. The number of hydrogen-bond acceptors (Lipinski definition) is 5. The van der Waals surface area contributed by atoms with E-state index in [1.807, 2.05) is 12.1 Å². The molecule has 2 aliphatic heterocycles. The predicted octanol–water partition coefficient (Wildman–Crippen LogP) is 2.04. The van der Waals surface area contributed by atoms with Crippen LogP contribution in [0.4, 0.5) is 10.1 Å². The van der Waals surface area contributed by atoms with Crippen LogP contribution in [0.3, 0.4) is 0 Å². The fourth-order valence-electron chi connectivity index (χ4n) is 4.66. The van der Waals surface area contributed by atoms with E-state index >= 15 is 0 Å². The van der Waals surface area contributed by atoms with Gasteiger partial charge in [0.2, 0.25) is 0 Å². The minimum atomic E-state index is -1.13. The summed E-state index contributed by atoms with van der Waals surface area (Å²) >= 11 is 0. The number of nitrogens with one attached hydrogen (secondary N) is 2. The Hall–Kier alpha value is -2.97. The zero-order valence-electron chi connectivity index (χ0n) is 17.6. The number of β-amino-alcohol motifs (C(OH)–C–C–N with tert-alkyl or cyclic N) is 1. The third-order valence-electron chi connectivity index (χ3n) is 6.49. The molecule has 0 saturated heterocycles. The average Bonchev–Trinajstić information content (AvgIpc) is 2.76. The smallest absolute Gasteiger partial charge is 0.268 e. The molecular formula is C24H26FN3O4. The van der Waals surface area contributed by atoms with E-state index in [2.05, 4.69) is 27.7 Å². The van der Waals surface area contributed by atoms with Crippen molar-refractivity contribution in [2.75, 3.05) is 25.0 Å². The molecule has 1 spiro atoms. The third-order valence-corrected chi connectivity index (χ3v) is 6.49. The Morgan fingerprint density at radius 2 is 2.06 bits per heavy atom. The van der Waals surface area contributed by atoms with E-state index < -0.39 is 17.9 Å². The summed E-state index contributed by atoms with van der Waals surface area (Å²) in [6.07, 6.45) is -0.691. The number of nitrogens with zero attached hydrogens (tertiary/aromatic N) is 1. The van der Waals surface area contributed by atoms with Crippen LogP contribution in [0, 0.1) is 0 Å². The molecule has 8 heteroatoms. The minimum Gasteiger partial charge on any atom is -0.475 e. The summed E-state index contributed by atoms with van der Waals surface area (Å²) in [5.74, 6) is -0.300. The Labute approximate surface area is 185 Å². The number of aliphatic hydroxyl groups is 1. The van der Waals surface area contributed by atoms with Crippen molar-refractivity contribution in [1.29, 1.82) is 0 Å². The fraction of sp³-hybridized carbons (Fsp3) is 0.417. The second-order valence-corrected chi connectivity index (χ2v) is 8.88. The van der Waals surface area contributed by atoms with Crippen LogP contribution >= 0.6 is 0 Å². The first-order valence-corrected chi connectivity index (χ1v) is 11.0. The lowest BCUT2D eigenvalue weighted by Crippen LogP contribution is -2.60. The summed E-state index contributed by atoms with van der Waals surface area (Å²) in [6, 6.07) is 13.1. The minimum absolute atomic E-state index is 0.0427. The van der Waals surface area contributed by atoms with Crippen LogP contribution in [-0.2, 0) is 17.8 Å². The third kappa shape index (κ3) is 3.96. The number of carbonyl (C=O) groups is 2. The van der Waals surface area contributed by atoms with Crippen molar-refractivity contribution in [2.45, 2.75) is 43.7 Å². The maximum Gasteiger partial charge on any atom is 0.268 e. The molecular weight excluding hydrogens is 413 g/mol. The predicted molar refractivity (Wildman–Crippen MR) is 116 cm³/mol. The zero-order chi connectivity index (χ0) is 22.3. The van der Waals surface area contributed by atoms with Crippen molar-refractivity contribution in [1.82, 2.24) is 10.2 Å². The van der Waals surface area contributed by atoms with Gasteiger partial charge in [0, 0.05) is 44.6 Å². The second kappa shape index (κ2) is 8.18. The number of anilines is 1. The summed E-state index contributed by atoms with van der Waals surface area (Å²) < 4.78 is 19.0. The number of carbonyl (C=O) groups excluding carboxylic acids is 2. The number of amides is 2. The molecule has 32 heavy (non-hydrogen) atoms. The first-order valence-electron chi connectivity index (χ1n) is 11.0. The van der Waals surface area contributed by atoms with E-state index in [0.717, 1.165) is 19.5 Å². The van der Waals surface area contributed by atoms with E-state index in [4.69, 9.17) is 4.74 Å². The van der Waals surface area contributed by atoms with Gasteiger partial charge < -0.3 is 20.5 Å². The van der Waals surface area contributed by atoms with Crippen molar-refractivity contribution in [3.05, 3.63) is 59.2 Å². The Morgan fingerprint density at radius 1 is 1.28 bits per heavy atom. The van der Waals surface area contributed by atoms with Gasteiger partial charge in [-0.15, -0.1) is 0 Å². The molecule has 2 aromatic carbocycles. The van der Waals surface area contributed by atoms with Crippen molar-refractivity contribution in [3.63, 3.8) is 0 Å². The molecule has 0 unspecified atom stereocenters. The lowest BCUT2D eigenvalue weighted by atomic mass is 9.76. The van der Waals surface area contributed by atoms with Gasteiger partial charge in [-0.05, 0) is 35.7 Å². The van der Waals surface area contributed by atoms with Gasteiger partial charge in [-0.25, -0.2) is 4.39 Å². The summed E-state index contributed by atoms with van der Waals surface area (Å²) in [5, 5.41) is 15.9. The molecule has 5 rings (SSSR count). The van der Waals surface area contributed by atoms with Gasteiger partial charge in [0.15, 0.2) is 5.60 Å². The Morgan fingerprint density at radius 3 is 2.84 bits per heavy atom. The highest BCUT2D eigenvalue weighted by molar-refractivity contribution is 6.03. The quantitative estimate of drug-likeness (QED) is 0.663. The van der Waals surface area contributed by atoms with Crippen LogP contribution in [0.15, 0.2) is 42.5 Å². The lowest BCUT2D eigenvalue weighted by molar-refractivity contribution is -0.147. The van der Waals surface area contributed by atoms with E-state index in [-0.39, 0.29) is 31.2 Å². The lowest BCUT2D eigenvalue weighted by Gasteiger charge is -2.45. The monoisotopic (exact) mass is 439 g/mol. The molecule has 7 nitrogen and oxygen atoms in total. The number of alkyl halides is 1. The highest BCUT2D eigenvalue weighted by Crippen LogP contribution is 2.45. The standard InChI is InChI=1S/C24H26FN3O4/c25-18-10-24(11-18)23(31)27-20-9-16(5-6-21(20)32-24)22(30)26-12-19(29)14-28-8-7-15-3-1-2-4-17(15)13-28/h1-6,9,18-19,29H,7-8,10-14H2,(H,26,30)(H,27,31)/t18?,19-,24?/m0/s1. The molecule has 1 aliphatic carbocycles. The van der Waals surface area contributed by atoms with E-state index in [9.17, 15) is 19.1 Å². The number of ether oxygens (including phenoxy) is 1. The summed E-state index contributed by atoms with van der Waals surface area (Å²) in [4.78, 5) is 27.1. The summed E-state index contributed by atoms with van der Waals surface area (Å²) in [5.41, 5.74) is 2.24. The van der Waals surface area contributed by atoms with E-state index in [1.165, 1.54) is 17.2 Å². The number of hydrogen-bond donors (Lipinski definition) is 3. The molecule has 3 N–H and O–H groups in total. The number of benzene rings is 2. The number of halogens is 1. The fourth-order valence-corrected chi connectivity index (χ4v) is 4.66. The normalized spacial score (nSPS) is 25.1. The van der Waals surface area contributed by atoms with Gasteiger partial charge in [-0.2, -0.15) is 0 Å². The molecule has 1 fully saturated rings. The zero-order valence-corrected chi connectivity index (χ0v) is 17.6. The van der Waals surface area contributed by atoms with Gasteiger partial charge in [0.1, 0.15) is 11.9 Å².